The van der Waals surface area contributed by atoms with Gasteiger partial charge >= 0.3 is 5.97 Å². The molecule has 0 saturated heterocycles. The predicted octanol–water partition coefficient (Wildman–Crippen LogP) is 1.07. The van der Waals surface area contributed by atoms with Crippen LogP contribution in [-0.2, 0) is 4.79 Å². The summed E-state index contributed by atoms with van der Waals surface area (Å²) >= 11 is 0.863. The van der Waals surface area contributed by atoms with Crippen LogP contribution in [0.15, 0.2) is 18.2 Å². The van der Waals surface area contributed by atoms with Gasteiger partial charge in [0.05, 0.1) is 18.8 Å². The van der Waals surface area contributed by atoms with E-state index >= 15 is 0 Å². The highest BCUT2D eigenvalue weighted by Gasteiger charge is 2.24. The van der Waals surface area contributed by atoms with Crippen molar-refractivity contribution in [1.82, 2.24) is 0 Å². The maximum atomic E-state index is 11.2. The van der Waals surface area contributed by atoms with Gasteiger partial charge in [-0.2, -0.15) is 0 Å². The van der Waals surface area contributed by atoms with Gasteiger partial charge in [0.2, 0.25) is 0 Å². The summed E-state index contributed by atoms with van der Waals surface area (Å²) in [7, 11) is 1.40. The van der Waals surface area contributed by atoms with Crippen molar-refractivity contribution in [3.05, 3.63) is 29.3 Å². The Labute approximate surface area is 120 Å². The Hall–Kier alpha value is -1.57. The second-order valence-corrected chi connectivity index (χ2v) is 5.27. The van der Waals surface area contributed by atoms with Gasteiger partial charge in [0.25, 0.3) is 0 Å². The third kappa shape index (κ3) is 4.22. The number of carbonyl (C=O) groups excluding carboxylic acids is 1. The normalized spacial score (nSPS) is 13.6. The van der Waals surface area contributed by atoms with Crippen LogP contribution in [0.5, 0.6) is 5.75 Å². The highest BCUT2D eigenvalue weighted by molar-refractivity contribution is 8.13. The molecule has 0 radical (unpaired) electrons. The van der Waals surface area contributed by atoms with Crippen LogP contribution >= 0.6 is 11.8 Å². The van der Waals surface area contributed by atoms with E-state index < -0.39 is 18.2 Å². The molecule has 1 aromatic carbocycles. The quantitative estimate of drug-likeness (QED) is 0.721. The van der Waals surface area contributed by atoms with Crippen LogP contribution in [0, 0.1) is 0 Å². The van der Waals surface area contributed by atoms with Crippen LogP contribution in [0.4, 0.5) is 0 Å². The molecule has 0 heterocycles. The molecule has 1 rings (SSSR count). The monoisotopic (exact) mass is 300 g/mol. The number of carboxylic acids is 1. The highest BCUT2D eigenvalue weighted by atomic mass is 32.2. The number of carbonyl (C=O) groups is 2. The summed E-state index contributed by atoms with van der Waals surface area (Å²) in [5, 5.41) is 28.8. The molecular formula is C13H16O6S. The summed E-state index contributed by atoms with van der Waals surface area (Å²) in [4.78, 5) is 22.0. The number of hydrogen-bond donors (Lipinski definition) is 3. The molecule has 3 N–H and O–H groups in total. The summed E-state index contributed by atoms with van der Waals surface area (Å²) < 4.78 is 4.92. The molecule has 0 aliphatic rings. The number of aromatic carboxylic acids is 1. The second kappa shape index (κ2) is 7.28. The van der Waals surface area contributed by atoms with Gasteiger partial charge in [0.1, 0.15) is 11.9 Å². The van der Waals surface area contributed by atoms with E-state index in [0.29, 0.717) is 5.75 Å². The molecule has 1 aromatic rings. The minimum absolute atomic E-state index is 0.0123. The zero-order chi connectivity index (χ0) is 15.3. The first-order valence-corrected chi connectivity index (χ1v) is 6.76. The van der Waals surface area contributed by atoms with Gasteiger partial charge < -0.3 is 20.1 Å². The number of aliphatic hydroxyl groups excluding tert-OH is 2. The summed E-state index contributed by atoms with van der Waals surface area (Å²) in [5.74, 6) is -0.906. The number of methoxy groups -OCH3 is 1. The summed E-state index contributed by atoms with van der Waals surface area (Å²) in [6.45, 7) is 1.35. The molecule has 0 saturated carbocycles. The zero-order valence-electron chi connectivity index (χ0n) is 11.1. The molecule has 0 fully saturated rings. The first kappa shape index (κ1) is 16.5. The van der Waals surface area contributed by atoms with E-state index in [1.807, 2.05) is 0 Å². The minimum atomic E-state index is -1.39. The lowest BCUT2D eigenvalue weighted by atomic mass is 9.99. The van der Waals surface area contributed by atoms with E-state index in [9.17, 15) is 19.8 Å². The van der Waals surface area contributed by atoms with Crippen LogP contribution in [0.25, 0.3) is 0 Å². The van der Waals surface area contributed by atoms with E-state index in [1.165, 1.54) is 32.2 Å². The second-order valence-electron chi connectivity index (χ2n) is 4.07. The molecule has 0 aliphatic heterocycles. The third-order valence-corrected chi connectivity index (χ3v) is 3.55. The van der Waals surface area contributed by atoms with Crippen LogP contribution in [0.1, 0.15) is 28.9 Å². The first-order valence-electron chi connectivity index (χ1n) is 5.77. The van der Waals surface area contributed by atoms with Gasteiger partial charge in [-0.25, -0.2) is 4.79 Å². The SMILES string of the molecule is COc1ccc(C(O)C(O)CSC(C)=O)c(C(=O)O)c1. The maximum absolute atomic E-state index is 11.2. The lowest BCUT2D eigenvalue weighted by molar-refractivity contribution is -0.109. The average molecular weight is 300 g/mol. The smallest absolute Gasteiger partial charge is 0.336 e. The lowest BCUT2D eigenvalue weighted by Crippen LogP contribution is -2.23. The van der Waals surface area contributed by atoms with Gasteiger partial charge in [-0.3, -0.25) is 4.79 Å². The molecule has 0 bridgehead atoms. The number of rotatable bonds is 6. The van der Waals surface area contributed by atoms with Crippen LogP contribution < -0.4 is 4.74 Å². The fraction of sp³-hybridized carbons (Fsp3) is 0.385. The Bertz CT molecular complexity index is 502. The van der Waals surface area contributed by atoms with Crippen LogP contribution in [0.2, 0.25) is 0 Å². The van der Waals surface area contributed by atoms with Gasteiger partial charge in [-0.15, -0.1) is 0 Å². The number of carboxylic acid groups (broad SMARTS) is 1. The highest BCUT2D eigenvalue weighted by Crippen LogP contribution is 2.26. The zero-order valence-corrected chi connectivity index (χ0v) is 11.9. The van der Waals surface area contributed by atoms with Gasteiger partial charge in [0, 0.05) is 12.7 Å². The van der Waals surface area contributed by atoms with E-state index in [1.54, 1.807) is 0 Å². The largest absolute Gasteiger partial charge is 0.497 e. The van der Waals surface area contributed by atoms with Crippen molar-refractivity contribution in [2.45, 2.75) is 19.1 Å². The van der Waals surface area contributed by atoms with E-state index in [0.717, 1.165) is 11.8 Å². The fourth-order valence-electron chi connectivity index (χ4n) is 1.61. The number of ether oxygens (including phenoxy) is 1. The molecule has 7 heteroatoms. The van der Waals surface area contributed by atoms with E-state index in [-0.39, 0.29) is 22.0 Å². The predicted molar refractivity (Wildman–Crippen MR) is 74.1 cm³/mol. The number of aliphatic hydroxyl groups is 2. The topological polar surface area (TPSA) is 104 Å². The summed E-state index contributed by atoms with van der Waals surface area (Å²) in [5.41, 5.74) is -0.0707. The molecule has 0 amide bonds. The molecular weight excluding hydrogens is 284 g/mol. The fourth-order valence-corrected chi connectivity index (χ4v) is 2.19. The van der Waals surface area contributed by atoms with Gasteiger partial charge in [0.15, 0.2) is 5.12 Å². The van der Waals surface area contributed by atoms with E-state index in [2.05, 4.69) is 0 Å². The van der Waals surface area contributed by atoms with Crippen LogP contribution in [0.3, 0.4) is 0 Å². The standard InChI is InChI=1S/C13H16O6S/c1-7(14)20-6-11(15)12(16)9-4-3-8(19-2)5-10(9)13(17)18/h3-5,11-12,15-16H,6H2,1-2H3,(H,17,18). The number of benzene rings is 1. The van der Waals surface area contributed by atoms with Crippen molar-refractivity contribution in [2.75, 3.05) is 12.9 Å². The molecule has 0 spiro atoms. The van der Waals surface area contributed by atoms with Crippen molar-refractivity contribution < 1.29 is 29.6 Å². The number of hydrogen-bond acceptors (Lipinski definition) is 6. The summed E-state index contributed by atoms with van der Waals surface area (Å²) in [6, 6.07) is 4.15. The van der Waals surface area contributed by atoms with Crippen molar-refractivity contribution in [3.63, 3.8) is 0 Å². The molecule has 2 atom stereocenters. The Kier molecular flexibility index (Phi) is 6.00. The summed E-state index contributed by atoms with van der Waals surface area (Å²) in [6.07, 6.45) is -2.63. The van der Waals surface area contributed by atoms with Gasteiger partial charge in [-0.05, 0) is 17.7 Å². The van der Waals surface area contributed by atoms with Gasteiger partial charge in [-0.1, -0.05) is 17.8 Å². The molecule has 110 valence electrons. The van der Waals surface area contributed by atoms with Crippen molar-refractivity contribution in [2.24, 2.45) is 0 Å². The van der Waals surface area contributed by atoms with Crippen molar-refractivity contribution >= 4 is 22.8 Å². The Morgan fingerprint density at radius 3 is 2.50 bits per heavy atom. The Morgan fingerprint density at radius 2 is 2.00 bits per heavy atom. The first-order chi connectivity index (χ1) is 9.36. The maximum Gasteiger partial charge on any atom is 0.336 e. The Morgan fingerprint density at radius 1 is 1.35 bits per heavy atom. The van der Waals surface area contributed by atoms with Crippen molar-refractivity contribution in [1.29, 1.82) is 0 Å². The molecule has 0 aliphatic carbocycles. The number of thioether (sulfide) groups is 1. The minimum Gasteiger partial charge on any atom is -0.497 e. The molecule has 20 heavy (non-hydrogen) atoms. The van der Waals surface area contributed by atoms with Crippen molar-refractivity contribution in [3.8, 4) is 5.75 Å². The van der Waals surface area contributed by atoms with Crippen LogP contribution in [-0.4, -0.2) is 45.4 Å². The molecule has 2 unspecified atom stereocenters. The van der Waals surface area contributed by atoms with E-state index in [4.69, 9.17) is 9.84 Å². The molecule has 6 nitrogen and oxygen atoms in total. The third-order valence-electron chi connectivity index (χ3n) is 2.63. The average Bonchev–Trinajstić information content (AvgIpc) is 2.43. The Balaban J connectivity index is 2.99. The lowest BCUT2D eigenvalue weighted by Gasteiger charge is -2.19. The molecule has 0 aromatic heterocycles.